The Bertz CT molecular complexity index is 999. The second kappa shape index (κ2) is 4.96. The van der Waals surface area contributed by atoms with E-state index in [-0.39, 0.29) is 0 Å². The van der Waals surface area contributed by atoms with Gasteiger partial charge in [0.05, 0.1) is 11.0 Å². The van der Waals surface area contributed by atoms with Gasteiger partial charge >= 0.3 is 0 Å². The Morgan fingerprint density at radius 3 is 2.36 bits per heavy atom. The van der Waals surface area contributed by atoms with E-state index in [4.69, 9.17) is 4.98 Å². The summed E-state index contributed by atoms with van der Waals surface area (Å²) < 4.78 is 0. The maximum atomic E-state index is 4.80. The molecule has 0 N–H and O–H groups in total. The molecule has 0 aliphatic carbocycles. The number of benzene rings is 3. The van der Waals surface area contributed by atoms with E-state index in [2.05, 4.69) is 74.5 Å². The highest BCUT2D eigenvalue weighted by molar-refractivity contribution is 6.01. The number of hydrogen-bond acceptors (Lipinski definition) is 1. The summed E-state index contributed by atoms with van der Waals surface area (Å²) in [5.74, 6) is 0. The van der Waals surface area contributed by atoms with Crippen LogP contribution >= 0.6 is 0 Å². The fraction of sp³-hybridized carbons (Fsp3) is 0.0952. The molecular weight excluding hydrogens is 266 g/mol. The quantitative estimate of drug-likeness (QED) is 0.410. The first-order valence-electron chi connectivity index (χ1n) is 7.58. The number of nitrogens with zero attached hydrogens (tertiary/aromatic N) is 1. The van der Waals surface area contributed by atoms with E-state index in [0.29, 0.717) is 0 Å². The van der Waals surface area contributed by atoms with Crippen LogP contribution in [0.1, 0.15) is 11.1 Å². The van der Waals surface area contributed by atoms with Gasteiger partial charge in [0.15, 0.2) is 0 Å². The lowest BCUT2D eigenvalue weighted by Gasteiger charge is -2.10. The maximum Gasteiger partial charge on any atom is 0.0715 e. The summed E-state index contributed by atoms with van der Waals surface area (Å²) in [5.41, 5.74) is 7.25. The second-order valence-electron chi connectivity index (χ2n) is 5.85. The third-order valence-electron chi connectivity index (χ3n) is 4.38. The summed E-state index contributed by atoms with van der Waals surface area (Å²) >= 11 is 0. The summed E-state index contributed by atoms with van der Waals surface area (Å²) in [6, 6.07) is 23.6. The van der Waals surface area contributed by atoms with Gasteiger partial charge in [-0.25, -0.2) is 4.98 Å². The van der Waals surface area contributed by atoms with Crippen molar-refractivity contribution in [2.24, 2.45) is 0 Å². The molecule has 3 aromatic carbocycles. The first-order valence-corrected chi connectivity index (χ1v) is 7.58. The van der Waals surface area contributed by atoms with Crippen LogP contribution in [0.2, 0.25) is 0 Å². The minimum Gasteiger partial charge on any atom is -0.248 e. The number of aryl methyl sites for hydroxylation is 2. The van der Waals surface area contributed by atoms with Crippen LogP contribution in [0.25, 0.3) is 32.9 Å². The molecule has 1 aromatic heterocycles. The normalized spacial score (nSPS) is 11.2. The Morgan fingerprint density at radius 2 is 1.50 bits per heavy atom. The SMILES string of the molecule is Cc1ccc(-c2cccc3nc4ccccc4cc23)cc1C. The highest BCUT2D eigenvalue weighted by atomic mass is 14.7. The van der Waals surface area contributed by atoms with Crippen LogP contribution in [0.3, 0.4) is 0 Å². The van der Waals surface area contributed by atoms with Crippen LogP contribution in [0.4, 0.5) is 0 Å². The van der Waals surface area contributed by atoms with Crippen LogP contribution in [-0.2, 0) is 0 Å². The van der Waals surface area contributed by atoms with Gasteiger partial charge in [0.2, 0.25) is 0 Å². The molecule has 1 heterocycles. The molecule has 0 bridgehead atoms. The standard InChI is InChI=1S/C21H17N/c1-14-10-11-16(12-15(14)2)18-7-5-9-21-19(18)13-17-6-3-4-8-20(17)22-21/h3-13H,1-2H3. The summed E-state index contributed by atoms with van der Waals surface area (Å²) in [6.07, 6.45) is 0. The van der Waals surface area contributed by atoms with E-state index < -0.39 is 0 Å². The zero-order valence-corrected chi connectivity index (χ0v) is 12.8. The molecule has 0 spiro atoms. The van der Waals surface area contributed by atoms with Gasteiger partial charge in [-0.15, -0.1) is 0 Å². The molecule has 0 atom stereocenters. The summed E-state index contributed by atoms with van der Waals surface area (Å²) in [7, 11) is 0. The molecule has 0 amide bonds. The van der Waals surface area contributed by atoms with E-state index in [1.165, 1.54) is 33.0 Å². The Morgan fingerprint density at radius 1 is 0.682 bits per heavy atom. The summed E-state index contributed by atoms with van der Waals surface area (Å²) in [5, 5.41) is 2.40. The molecule has 0 saturated carbocycles. The van der Waals surface area contributed by atoms with Crippen LogP contribution in [-0.4, -0.2) is 4.98 Å². The largest absolute Gasteiger partial charge is 0.248 e. The number of aromatic nitrogens is 1. The monoisotopic (exact) mass is 283 g/mol. The van der Waals surface area contributed by atoms with Gasteiger partial charge in [-0.3, -0.25) is 0 Å². The van der Waals surface area contributed by atoms with Crippen LogP contribution in [0.15, 0.2) is 66.7 Å². The van der Waals surface area contributed by atoms with Gasteiger partial charge in [0.25, 0.3) is 0 Å². The molecule has 0 radical (unpaired) electrons. The Kier molecular flexibility index (Phi) is 2.93. The van der Waals surface area contributed by atoms with Crippen molar-refractivity contribution in [3.63, 3.8) is 0 Å². The van der Waals surface area contributed by atoms with E-state index in [0.717, 1.165) is 11.0 Å². The molecule has 0 unspecified atom stereocenters. The number of rotatable bonds is 1. The molecule has 1 nitrogen and oxygen atoms in total. The second-order valence-corrected chi connectivity index (χ2v) is 5.85. The molecule has 0 fully saturated rings. The average Bonchev–Trinajstić information content (AvgIpc) is 2.55. The highest BCUT2D eigenvalue weighted by Crippen LogP contribution is 2.31. The zero-order valence-electron chi connectivity index (χ0n) is 12.8. The Hall–Kier alpha value is -2.67. The summed E-state index contributed by atoms with van der Waals surface area (Å²) in [6.45, 7) is 4.31. The van der Waals surface area contributed by atoms with Crippen molar-refractivity contribution in [1.29, 1.82) is 0 Å². The minimum atomic E-state index is 1.05. The number of hydrogen-bond donors (Lipinski definition) is 0. The Balaban J connectivity index is 2.04. The number of para-hydroxylation sites is 1. The fourth-order valence-corrected chi connectivity index (χ4v) is 2.96. The smallest absolute Gasteiger partial charge is 0.0715 e. The third-order valence-corrected chi connectivity index (χ3v) is 4.38. The van der Waals surface area contributed by atoms with Crippen molar-refractivity contribution < 1.29 is 0 Å². The van der Waals surface area contributed by atoms with Crippen molar-refractivity contribution in [2.45, 2.75) is 13.8 Å². The number of pyridine rings is 1. The first kappa shape index (κ1) is 13.0. The molecular formula is C21H17N. The van der Waals surface area contributed by atoms with Gasteiger partial charge in [-0.2, -0.15) is 0 Å². The van der Waals surface area contributed by atoms with Crippen LogP contribution < -0.4 is 0 Å². The first-order chi connectivity index (χ1) is 10.7. The van der Waals surface area contributed by atoms with Crippen LogP contribution in [0, 0.1) is 13.8 Å². The maximum absolute atomic E-state index is 4.80. The molecule has 4 aromatic rings. The van der Waals surface area contributed by atoms with Gasteiger partial charge in [0, 0.05) is 10.8 Å². The molecule has 4 rings (SSSR count). The van der Waals surface area contributed by atoms with Crippen molar-refractivity contribution in [3.8, 4) is 11.1 Å². The van der Waals surface area contributed by atoms with Crippen molar-refractivity contribution >= 4 is 21.8 Å². The molecule has 0 aliphatic heterocycles. The molecule has 22 heavy (non-hydrogen) atoms. The van der Waals surface area contributed by atoms with Crippen molar-refractivity contribution in [1.82, 2.24) is 4.98 Å². The molecule has 1 heteroatoms. The zero-order chi connectivity index (χ0) is 15.1. The van der Waals surface area contributed by atoms with Gasteiger partial charge in [-0.05, 0) is 54.3 Å². The Labute approximate surface area is 130 Å². The topological polar surface area (TPSA) is 12.9 Å². The lowest BCUT2D eigenvalue weighted by Crippen LogP contribution is -1.88. The van der Waals surface area contributed by atoms with Gasteiger partial charge in [0.1, 0.15) is 0 Å². The van der Waals surface area contributed by atoms with E-state index >= 15 is 0 Å². The minimum absolute atomic E-state index is 1.05. The van der Waals surface area contributed by atoms with Crippen LogP contribution in [0.5, 0.6) is 0 Å². The third kappa shape index (κ3) is 2.06. The highest BCUT2D eigenvalue weighted by Gasteiger charge is 2.07. The van der Waals surface area contributed by atoms with Crippen molar-refractivity contribution in [3.05, 3.63) is 77.9 Å². The molecule has 106 valence electrons. The summed E-state index contributed by atoms with van der Waals surface area (Å²) in [4.78, 5) is 4.80. The predicted octanol–water partition coefficient (Wildman–Crippen LogP) is 5.67. The van der Waals surface area contributed by atoms with E-state index in [9.17, 15) is 0 Å². The molecule has 0 saturated heterocycles. The van der Waals surface area contributed by atoms with E-state index in [1.807, 2.05) is 6.07 Å². The van der Waals surface area contributed by atoms with Gasteiger partial charge in [-0.1, -0.05) is 48.5 Å². The predicted molar refractivity (Wildman–Crippen MR) is 94.2 cm³/mol. The molecule has 0 aliphatic rings. The lowest BCUT2D eigenvalue weighted by molar-refractivity contribution is 1.34. The number of fused-ring (bicyclic) bond motifs is 2. The van der Waals surface area contributed by atoms with Crippen molar-refractivity contribution in [2.75, 3.05) is 0 Å². The average molecular weight is 283 g/mol. The fourth-order valence-electron chi connectivity index (χ4n) is 2.96. The lowest BCUT2D eigenvalue weighted by atomic mass is 9.96. The van der Waals surface area contributed by atoms with E-state index in [1.54, 1.807) is 0 Å². The van der Waals surface area contributed by atoms with Gasteiger partial charge < -0.3 is 0 Å².